The predicted molar refractivity (Wildman–Crippen MR) is 111 cm³/mol. The lowest BCUT2D eigenvalue weighted by Gasteiger charge is -2.36. The van der Waals surface area contributed by atoms with Gasteiger partial charge in [-0.25, -0.2) is 0 Å². The van der Waals surface area contributed by atoms with Gasteiger partial charge in [-0.15, -0.1) is 0 Å². The molecular formula is C23H27NO6. The van der Waals surface area contributed by atoms with Gasteiger partial charge in [0.2, 0.25) is 0 Å². The summed E-state index contributed by atoms with van der Waals surface area (Å²) in [7, 11) is 0. The maximum atomic E-state index is 13.1. The van der Waals surface area contributed by atoms with Gasteiger partial charge in [0.15, 0.2) is 11.6 Å². The van der Waals surface area contributed by atoms with Crippen molar-refractivity contribution < 1.29 is 24.7 Å². The Morgan fingerprint density at radius 1 is 0.867 bits per heavy atom. The van der Waals surface area contributed by atoms with E-state index in [1.54, 1.807) is 6.07 Å². The average molecular weight is 413 g/mol. The molecule has 0 radical (unpaired) electrons. The summed E-state index contributed by atoms with van der Waals surface area (Å²) in [6, 6.07) is 5.85. The monoisotopic (exact) mass is 413 g/mol. The highest BCUT2D eigenvalue weighted by Gasteiger charge is 2.45. The Bertz CT molecular complexity index is 947. The molecule has 0 heterocycles. The van der Waals surface area contributed by atoms with Crippen LogP contribution in [0.15, 0.2) is 46.9 Å². The van der Waals surface area contributed by atoms with E-state index in [-0.39, 0.29) is 71.2 Å². The van der Waals surface area contributed by atoms with Crippen LogP contribution >= 0.6 is 0 Å². The zero-order valence-electron chi connectivity index (χ0n) is 17.7. The molecule has 0 saturated heterocycles. The van der Waals surface area contributed by atoms with Crippen LogP contribution in [0.4, 0.5) is 5.69 Å². The van der Waals surface area contributed by atoms with Gasteiger partial charge in [0.05, 0.1) is 10.8 Å². The van der Waals surface area contributed by atoms with E-state index in [1.165, 1.54) is 18.2 Å². The van der Waals surface area contributed by atoms with E-state index in [9.17, 15) is 29.9 Å². The summed E-state index contributed by atoms with van der Waals surface area (Å²) in [5, 5.41) is 33.3. The van der Waals surface area contributed by atoms with Crippen molar-refractivity contribution in [2.75, 3.05) is 0 Å². The van der Waals surface area contributed by atoms with Crippen molar-refractivity contribution in [1.82, 2.24) is 0 Å². The summed E-state index contributed by atoms with van der Waals surface area (Å²) in [5.74, 6) is -2.29. The molecule has 1 aromatic rings. The van der Waals surface area contributed by atoms with E-state index in [2.05, 4.69) is 0 Å². The molecule has 0 saturated carbocycles. The third-order valence-corrected chi connectivity index (χ3v) is 5.81. The molecule has 0 atom stereocenters. The molecule has 2 aliphatic carbocycles. The molecule has 3 rings (SSSR count). The molecule has 7 nitrogen and oxygen atoms in total. The molecule has 2 aliphatic rings. The number of rotatable bonds is 4. The van der Waals surface area contributed by atoms with E-state index < -0.39 is 21.7 Å². The number of aliphatic hydroxyl groups excluding tert-OH is 2. The minimum atomic E-state index is -1.18. The van der Waals surface area contributed by atoms with Gasteiger partial charge < -0.3 is 10.2 Å². The van der Waals surface area contributed by atoms with Crippen LogP contribution in [-0.4, -0.2) is 26.7 Å². The third-order valence-electron chi connectivity index (χ3n) is 5.81. The Morgan fingerprint density at radius 2 is 1.30 bits per heavy atom. The molecule has 2 N–H and O–H groups in total. The molecule has 7 heteroatoms. The van der Waals surface area contributed by atoms with Gasteiger partial charge in [0, 0.05) is 48.5 Å². The molecule has 0 bridgehead atoms. The Labute approximate surface area is 175 Å². The van der Waals surface area contributed by atoms with Gasteiger partial charge in [-0.3, -0.25) is 19.7 Å². The highest BCUT2D eigenvalue weighted by molar-refractivity contribution is 6.05. The average Bonchev–Trinajstić information content (AvgIpc) is 2.57. The second kappa shape index (κ2) is 7.38. The fraction of sp³-hybridized carbons (Fsp3) is 0.478. The summed E-state index contributed by atoms with van der Waals surface area (Å²) < 4.78 is 0. The number of nitro groups is 1. The molecule has 0 amide bonds. The first-order valence-corrected chi connectivity index (χ1v) is 9.97. The van der Waals surface area contributed by atoms with Crippen molar-refractivity contribution in [2.45, 2.75) is 59.3 Å². The predicted octanol–water partition coefficient (Wildman–Crippen LogP) is 5.08. The second-order valence-electron chi connectivity index (χ2n) is 9.85. The van der Waals surface area contributed by atoms with Crippen LogP contribution in [0.2, 0.25) is 0 Å². The van der Waals surface area contributed by atoms with Crippen LogP contribution in [0, 0.1) is 20.9 Å². The minimum Gasteiger partial charge on any atom is -0.512 e. The molecule has 0 aromatic heterocycles. The molecule has 0 aliphatic heterocycles. The van der Waals surface area contributed by atoms with Crippen LogP contribution in [0.1, 0.15) is 64.9 Å². The Balaban J connectivity index is 2.31. The first kappa shape index (κ1) is 21.7. The molecule has 0 fully saturated rings. The Kier molecular flexibility index (Phi) is 5.35. The van der Waals surface area contributed by atoms with Gasteiger partial charge in [-0.05, 0) is 10.8 Å². The lowest BCUT2D eigenvalue weighted by atomic mass is 9.67. The van der Waals surface area contributed by atoms with Gasteiger partial charge in [0.25, 0.3) is 5.69 Å². The van der Waals surface area contributed by atoms with E-state index in [0.717, 1.165) is 0 Å². The fourth-order valence-corrected chi connectivity index (χ4v) is 4.61. The number of nitro benzene ring substituents is 1. The van der Waals surface area contributed by atoms with Crippen molar-refractivity contribution in [1.29, 1.82) is 0 Å². The van der Waals surface area contributed by atoms with Gasteiger partial charge in [-0.1, -0.05) is 45.9 Å². The molecule has 0 unspecified atom stereocenters. The summed E-state index contributed by atoms with van der Waals surface area (Å²) in [4.78, 5) is 37.3. The van der Waals surface area contributed by atoms with Crippen molar-refractivity contribution >= 4 is 17.3 Å². The molecule has 30 heavy (non-hydrogen) atoms. The standard InChI is InChI=1S/C23H27NO6/c1-22(2)9-15(25)20(16(26)10-22)19(13-7-5-6-8-14(13)24(29)30)21-17(27)11-23(3,4)12-18(21)28/h5-8,19,25,27H,9-12H2,1-4H3. The van der Waals surface area contributed by atoms with E-state index >= 15 is 0 Å². The highest BCUT2D eigenvalue weighted by atomic mass is 16.6. The van der Waals surface area contributed by atoms with E-state index in [0.29, 0.717) is 0 Å². The topological polar surface area (TPSA) is 118 Å². The largest absolute Gasteiger partial charge is 0.512 e. The third kappa shape index (κ3) is 4.01. The minimum absolute atomic E-state index is 0.0294. The SMILES string of the molecule is CC1(C)CC(=O)C(C(C2=C(O)CC(C)(C)CC2=O)c2ccccc2[N+](=O)[O-])=C(O)C1. The summed E-state index contributed by atoms with van der Waals surface area (Å²) in [6.07, 6.45) is 0.687. The quantitative estimate of drug-likeness (QED) is 0.525. The van der Waals surface area contributed by atoms with Crippen LogP contribution < -0.4 is 0 Å². The first-order valence-electron chi connectivity index (χ1n) is 9.97. The van der Waals surface area contributed by atoms with E-state index in [1.807, 2.05) is 27.7 Å². The number of hydrogen-bond donors (Lipinski definition) is 2. The lowest BCUT2D eigenvalue weighted by Crippen LogP contribution is -2.33. The smallest absolute Gasteiger partial charge is 0.273 e. The van der Waals surface area contributed by atoms with Crippen LogP contribution in [0.3, 0.4) is 0 Å². The number of carbonyl (C=O) groups is 2. The fourth-order valence-electron chi connectivity index (χ4n) is 4.61. The lowest BCUT2D eigenvalue weighted by molar-refractivity contribution is -0.385. The number of carbonyl (C=O) groups excluding carboxylic acids is 2. The zero-order valence-corrected chi connectivity index (χ0v) is 17.7. The van der Waals surface area contributed by atoms with Crippen molar-refractivity contribution in [3.63, 3.8) is 0 Å². The molecule has 1 aromatic carbocycles. The van der Waals surface area contributed by atoms with Crippen LogP contribution in [0.25, 0.3) is 0 Å². The zero-order chi connectivity index (χ0) is 22.4. The number of ketones is 2. The number of nitrogens with zero attached hydrogens (tertiary/aromatic N) is 1. The summed E-state index contributed by atoms with van der Waals surface area (Å²) in [6.45, 7) is 7.40. The van der Waals surface area contributed by atoms with Gasteiger partial charge in [0.1, 0.15) is 11.5 Å². The number of aliphatic hydroxyl groups is 2. The number of Topliss-reactive ketones (excluding diaryl/α,β-unsaturated/α-hetero) is 2. The molecule has 0 spiro atoms. The van der Waals surface area contributed by atoms with Crippen molar-refractivity contribution in [3.8, 4) is 0 Å². The van der Waals surface area contributed by atoms with Crippen LogP contribution in [-0.2, 0) is 9.59 Å². The maximum Gasteiger partial charge on any atom is 0.273 e. The second-order valence-corrected chi connectivity index (χ2v) is 9.85. The first-order chi connectivity index (χ1) is 13.8. The maximum absolute atomic E-state index is 13.1. The Morgan fingerprint density at radius 3 is 1.70 bits per heavy atom. The number of benzene rings is 1. The van der Waals surface area contributed by atoms with Crippen molar-refractivity contribution in [3.05, 3.63) is 62.6 Å². The van der Waals surface area contributed by atoms with Crippen LogP contribution in [0.5, 0.6) is 0 Å². The number of para-hydroxylation sites is 1. The highest BCUT2D eigenvalue weighted by Crippen LogP contribution is 2.49. The van der Waals surface area contributed by atoms with E-state index in [4.69, 9.17) is 0 Å². The number of allylic oxidation sites excluding steroid dienone is 4. The van der Waals surface area contributed by atoms with Crippen molar-refractivity contribution in [2.24, 2.45) is 10.8 Å². The Hall–Kier alpha value is -2.96. The summed E-state index contributed by atoms with van der Waals surface area (Å²) >= 11 is 0. The number of hydrogen-bond acceptors (Lipinski definition) is 6. The molecule has 160 valence electrons. The van der Waals surface area contributed by atoms with Gasteiger partial charge in [-0.2, -0.15) is 0 Å². The summed E-state index contributed by atoms with van der Waals surface area (Å²) in [5.41, 5.74) is -1.14. The normalized spacial score (nSPS) is 21.4. The molecular weight excluding hydrogens is 386 g/mol. The van der Waals surface area contributed by atoms with Gasteiger partial charge >= 0.3 is 0 Å².